The number of allylic oxidation sites excluding steroid dienone is 1. The predicted octanol–water partition coefficient (Wildman–Crippen LogP) is 3.55. The van der Waals surface area contributed by atoms with Crippen LogP contribution in [-0.4, -0.2) is 13.2 Å². The SMILES string of the molecule is C/C=C/SP(=S)(OCC)OCC. The molecule has 0 rings (SSSR count). The summed E-state index contributed by atoms with van der Waals surface area (Å²) in [6, 6.07) is 0. The van der Waals surface area contributed by atoms with Crippen LogP contribution in [0.3, 0.4) is 0 Å². The van der Waals surface area contributed by atoms with Crippen molar-refractivity contribution in [2.75, 3.05) is 13.2 Å². The highest BCUT2D eigenvalue weighted by atomic mass is 32.9. The molecule has 0 aliphatic heterocycles. The molecular formula is C7H15O2PS2. The van der Waals surface area contributed by atoms with E-state index in [0.29, 0.717) is 13.2 Å². The molecule has 12 heavy (non-hydrogen) atoms. The van der Waals surface area contributed by atoms with Crippen molar-refractivity contribution in [2.24, 2.45) is 0 Å². The summed E-state index contributed by atoms with van der Waals surface area (Å²) in [5.74, 6) is 0. The van der Waals surface area contributed by atoms with Crippen LogP contribution in [0.1, 0.15) is 20.8 Å². The fraction of sp³-hybridized carbons (Fsp3) is 0.714. The van der Waals surface area contributed by atoms with Crippen LogP contribution in [0.5, 0.6) is 0 Å². The first-order chi connectivity index (χ1) is 5.68. The van der Waals surface area contributed by atoms with E-state index in [0.717, 1.165) is 0 Å². The second-order valence-corrected chi connectivity index (χ2v) is 7.96. The molecule has 0 saturated heterocycles. The molecule has 2 nitrogen and oxygen atoms in total. The third-order valence-electron chi connectivity index (χ3n) is 0.900. The molecule has 0 amide bonds. The van der Waals surface area contributed by atoms with Crippen molar-refractivity contribution in [3.63, 3.8) is 0 Å². The molecule has 0 radical (unpaired) electrons. The maximum Gasteiger partial charge on any atom is 0.251 e. The van der Waals surface area contributed by atoms with E-state index in [2.05, 4.69) is 0 Å². The monoisotopic (exact) mass is 226 g/mol. The minimum absolute atomic E-state index is 0.613. The highest BCUT2D eigenvalue weighted by Crippen LogP contribution is 2.61. The minimum atomic E-state index is -2.07. The molecule has 72 valence electrons. The van der Waals surface area contributed by atoms with E-state index in [1.807, 2.05) is 32.3 Å². The Hall–Kier alpha value is 0.660. The zero-order chi connectivity index (χ0) is 9.45. The van der Waals surface area contributed by atoms with Gasteiger partial charge in [0, 0.05) is 0 Å². The third-order valence-corrected chi connectivity index (χ3v) is 5.88. The Bertz CT molecular complexity index is 172. The third kappa shape index (κ3) is 5.33. The Morgan fingerprint density at radius 2 is 1.83 bits per heavy atom. The zero-order valence-corrected chi connectivity index (χ0v) is 10.2. The van der Waals surface area contributed by atoms with E-state index < -0.39 is 5.69 Å². The quantitative estimate of drug-likeness (QED) is 0.644. The second-order valence-electron chi connectivity index (χ2n) is 1.86. The van der Waals surface area contributed by atoms with Gasteiger partial charge in [0.05, 0.1) is 13.2 Å². The molecule has 0 aliphatic carbocycles. The molecule has 0 aromatic heterocycles. The average Bonchev–Trinajstić information content (AvgIpc) is 2.02. The highest BCUT2D eigenvalue weighted by Gasteiger charge is 2.16. The Morgan fingerprint density at radius 3 is 2.17 bits per heavy atom. The van der Waals surface area contributed by atoms with Gasteiger partial charge in [0.2, 0.25) is 0 Å². The molecule has 0 bridgehead atoms. The van der Waals surface area contributed by atoms with Crippen molar-refractivity contribution < 1.29 is 9.05 Å². The lowest BCUT2D eigenvalue weighted by molar-refractivity contribution is 0.281. The summed E-state index contributed by atoms with van der Waals surface area (Å²) in [7, 11) is 0. The molecule has 0 aromatic carbocycles. The largest absolute Gasteiger partial charge is 0.322 e. The van der Waals surface area contributed by atoms with Gasteiger partial charge in [0.25, 0.3) is 5.69 Å². The van der Waals surface area contributed by atoms with Crippen LogP contribution < -0.4 is 0 Å². The average molecular weight is 226 g/mol. The molecule has 0 aliphatic rings. The maximum atomic E-state index is 5.39. The topological polar surface area (TPSA) is 18.5 Å². The van der Waals surface area contributed by atoms with Crippen LogP contribution in [0.15, 0.2) is 11.5 Å². The summed E-state index contributed by atoms with van der Waals surface area (Å²) in [5.41, 5.74) is -2.07. The number of hydrogen-bond acceptors (Lipinski definition) is 4. The fourth-order valence-corrected chi connectivity index (χ4v) is 4.54. The van der Waals surface area contributed by atoms with Gasteiger partial charge in [-0.15, -0.1) is 0 Å². The van der Waals surface area contributed by atoms with Gasteiger partial charge in [-0.05, 0) is 49.4 Å². The molecule has 0 N–H and O–H groups in total. The van der Waals surface area contributed by atoms with Gasteiger partial charge in [0.1, 0.15) is 0 Å². The Labute approximate surface area is 83.6 Å². The second kappa shape index (κ2) is 7.10. The summed E-state index contributed by atoms with van der Waals surface area (Å²) < 4.78 is 10.8. The van der Waals surface area contributed by atoms with E-state index in [-0.39, 0.29) is 0 Å². The molecule has 0 atom stereocenters. The molecular weight excluding hydrogens is 211 g/mol. The molecule has 0 saturated carbocycles. The van der Waals surface area contributed by atoms with Crippen LogP contribution in [0.2, 0.25) is 0 Å². The van der Waals surface area contributed by atoms with Gasteiger partial charge in [-0.25, -0.2) is 0 Å². The van der Waals surface area contributed by atoms with E-state index in [9.17, 15) is 0 Å². The van der Waals surface area contributed by atoms with E-state index in [4.69, 9.17) is 20.9 Å². The van der Waals surface area contributed by atoms with Crippen molar-refractivity contribution in [2.45, 2.75) is 20.8 Å². The van der Waals surface area contributed by atoms with Crippen molar-refractivity contribution in [1.82, 2.24) is 0 Å². The van der Waals surface area contributed by atoms with E-state index in [1.165, 1.54) is 11.4 Å². The number of rotatable bonds is 6. The lowest BCUT2D eigenvalue weighted by Crippen LogP contribution is -1.90. The molecule has 0 heterocycles. The zero-order valence-electron chi connectivity index (χ0n) is 7.65. The van der Waals surface area contributed by atoms with Crippen molar-refractivity contribution >= 4 is 28.9 Å². The van der Waals surface area contributed by atoms with Gasteiger partial charge in [-0.3, -0.25) is 0 Å². The lowest BCUT2D eigenvalue weighted by Gasteiger charge is -2.17. The highest BCUT2D eigenvalue weighted by molar-refractivity contribution is 8.69. The summed E-state index contributed by atoms with van der Waals surface area (Å²) in [6.07, 6.45) is 1.93. The fourth-order valence-electron chi connectivity index (χ4n) is 0.550. The summed E-state index contributed by atoms with van der Waals surface area (Å²) >= 11 is 6.72. The summed E-state index contributed by atoms with van der Waals surface area (Å²) in [6.45, 7) is 7.03. The Kier molecular flexibility index (Phi) is 7.49. The Balaban J connectivity index is 4.08. The number of hydrogen-bond donors (Lipinski definition) is 0. The standard InChI is InChI=1S/C7H15O2PS2/c1-4-7-12-10(11,8-5-2)9-6-3/h4,7H,5-6H2,1-3H3/b7-4+. The van der Waals surface area contributed by atoms with Crippen molar-refractivity contribution in [3.8, 4) is 0 Å². The van der Waals surface area contributed by atoms with Crippen LogP contribution in [0.25, 0.3) is 0 Å². The van der Waals surface area contributed by atoms with E-state index >= 15 is 0 Å². The van der Waals surface area contributed by atoms with Crippen molar-refractivity contribution in [3.05, 3.63) is 11.5 Å². The van der Waals surface area contributed by atoms with Gasteiger partial charge in [0.15, 0.2) is 0 Å². The molecule has 0 spiro atoms. The van der Waals surface area contributed by atoms with Crippen LogP contribution in [-0.2, 0) is 20.9 Å². The molecule has 0 fully saturated rings. The van der Waals surface area contributed by atoms with Crippen LogP contribution in [0, 0.1) is 0 Å². The van der Waals surface area contributed by atoms with Gasteiger partial charge in [-0.1, -0.05) is 6.08 Å². The van der Waals surface area contributed by atoms with Gasteiger partial charge < -0.3 is 9.05 Å². The summed E-state index contributed by atoms with van der Waals surface area (Å²) in [5, 5.41) is 1.92. The first-order valence-corrected chi connectivity index (χ1v) is 7.99. The van der Waals surface area contributed by atoms with Crippen LogP contribution in [0.4, 0.5) is 0 Å². The maximum absolute atomic E-state index is 5.39. The predicted molar refractivity (Wildman–Crippen MR) is 59.9 cm³/mol. The van der Waals surface area contributed by atoms with Crippen LogP contribution >= 0.6 is 17.1 Å². The van der Waals surface area contributed by atoms with Gasteiger partial charge >= 0.3 is 0 Å². The van der Waals surface area contributed by atoms with Crippen molar-refractivity contribution in [1.29, 1.82) is 0 Å². The minimum Gasteiger partial charge on any atom is -0.322 e. The first-order valence-electron chi connectivity index (χ1n) is 3.87. The lowest BCUT2D eigenvalue weighted by atomic mass is 10.8. The normalized spacial score (nSPS) is 12.6. The summed E-state index contributed by atoms with van der Waals surface area (Å²) in [4.78, 5) is 0. The smallest absolute Gasteiger partial charge is 0.251 e. The first kappa shape index (κ1) is 12.7. The van der Waals surface area contributed by atoms with Gasteiger partial charge in [-0.2, -0.15) is 0 Å². The molecule has 0 aromatic rings. The Morgan fingerprint density at radius 1 is 1.33 bits per heavy atom. The molecule has 5 heteroatoms. The van der Waals surface area contributed by atoms with E-state index in [1.54, 1.807) is 0 Å². The molecule has 0 unspecified atom stereocenters.